The Hall–Kier alpha value is -1.14. The van der Waals surface area contributed by atoms with Crippen LogP contribution in [0.3, 0.4) is 0 Å². The third kappa shape index (κ3) is 3.46. The molecule has 1 heterocycles. The van der Waals surface area contributed by atoms with Crippen LogP contribution in [0.1, 0.15) is 27.2 Å². The average Bonchev–Trinajstić information content (AvgIpc) is 2.09. The number of esters is 2. The molecule has 0 aromatic rings. The first-order valence-electron chi connectivity index (χ1n) is 5.08. The molecule has 16 heavy (non-hydrogen) atoms. The van der Waals surface area contributed by atoms with Crippen LogP contribution in [0.5, 0.6) is 0 Å². The number of carbonyl (C=O) groups is 2. The predicted octanol–water partition coefficient (Wildman–Crippen LogP) is -0.0230. The second kappa shape index (κ2) is 5.27. The van der Waals surface area contributed by atoms with Crippen LogP contribution in [0.4, 0.5) is 0 Å². The lowest BCUT2D eigenvalue weighted by atomic mass is 10.0. The molecule has 0 aromatic heterocycles. The van der Waals surface area contributed by atoms with E-state index in [1.54, 1.807) is 6.92 Å². The van der Waals surface area contributed by atoms with Gasteiger partial charge in [-0.1, -0.05) is 0 Å². The molecule has 4 atom stereocenters. The number of hydrogen-bond donors (Lipinski definition) is 1. The summed E-state index contributed by atoms with van der Waals surface area (Å²) >= 11 is 0. The van der Waals surface area contributed by atoms with Crippen molar-refractivity contribution in [2.45, 2.75) is 51.8 Å². The maximum absolute atomic E-state index is 10.9. The van der Waals surface area contributed by atoms with Crippen molar-refractivity contribution in [3.63, 3.8) is 0 Å². The van der Waals surface area contributed by atoms with Gasteiger partial charge in [-0.25, -0.2) is 0 Å². The summed E-state index contributed by atoms with van der Waals surface area (Å²) in [5, 5.41) is 9.36. The van der Waals surface area contributed by atoms with Crippen molar-refractivity contribution < 1.29 is 28.9 Å². The van der Waals surface area contributed by atoms with Crippen molar-refractivity contribution in [1.82, 2.24) is 0 Å². The maximum atomic E-state index is 10.9. The molecule has 6 nitrogen and oxygen atoms in total. The standard InChI is InChI=1S/C10H16O6/c1-5-10(16-7(3)12)8(15-6(2)11)4-9(13)14-5/h5,8-10,13H,4H2,1-3H3/t5-,8-,9+,10+/m0/s1. The van der Waals surface area contributed by atoms with Crippen LogP contribution < -0.4 is 0 Å². The molecule has 92 valence electrons. The summed E-state index contributed by atoms with van der Waals surface area (Å²) < 4.78 is 15.1. The minimum Gasteiger partial charge on any atom is -0.458 e. The fourth-order valence-corrected chi connectivity index (χ4v) is 1.71. The third-order valence-electron chi connectivity index (χ3n) is 2.25. The summed E-state index contributed by atoms with van der Waals surface area (Å²) in [6.45, 7) is 4.17. The molecule has 0 spiro atoms. The topological polar surface area (TPSA) is 82.1 Å². The van der Waals surface area contributed by atoms with Gasteiger partial charge in [0.25, 0.3) is 0 Å². The normalized spacial score (nSPS) is 34.2. The zero-order chi connectivity index (χ0) is 12.3. The quantitative estimate of drug-likeness (QED) is 0.674. The van der Waals surface area contributed by atoms with E-state index in [9.17, 15) is 14.7 Å². The summed E-state index contributed by atoms with van der Waals surface area (Å²) in [5.74, 6) is -0.961. The van der Waals surface area contributed by atoms with E-state index in [0.29, 0.717) is 0 Å². The minimum absolute atomic E-state index is 0.0991. The zero-order valence-corrected chi connectivity index (χ0v) is 9.50. The fraction of sp³-hybridized carbons (Fsp3) is 0.800. The molecule has 1 aliphatic heterocycles. The highest BCUT2D eigenvalue weighted by Crippen LogP contribution is 2.24. The molecule has 1 N–H and O–H groups in total. The number of ether oxygens (including phenoxy) is 3. The first-order chi connectivity index (χ1) is 7.40. The molecule has 0 aliphatic carbocycles. The molecule has 0 bridgehead atoms. The van der Waals surface area contributed by atoms with Gasteiger partial charge in [0.2, 0.25) is 0 Å². The van der Waals surface area contributed by atoms with Gasteiger partial charge in [0.05, 0.1) is 6.10 Å². The minimum atomic E-state index is -1.01. The SMILES string of the molecule is CC(=O)O[C@@H]1[C@H](C)O[C@@H](O)C[C@@H]1OC(C)=O. The number of aliphatic hydroxyl groups excluding tert-OH is 1. The molecule has 0 saturated carbocycles. The smallest absolute Gasteiger partial charge is 0.303 e. The summed E-state index contributed by atoms with van der Waals surface area (Å²) in [5.41, 5.74) is 0. The maximum Gasteiger partial charge on any atom is 0.303 e. The van der Waals surface area contributed by atoms with Crippen LogP contribution in [-0.4, -0.2) is 41.6 Å². The predicted molar refractivity (Wildman–Crippen MR) is 52.3 cm³/mol. The van der Waals surface area contributed by atoms with Gasteiger partial charge in [-0.2, -0.15) is 0 Å². The van der Waals surface area contributed by atoms with E-state index >= 15 is 0 Å². The highest BCUT2D eigenvalue weighted by Gasteiger charge is 2.40. The third-order valence-corrected chi connectivity index (χ3v) is 2.25. The van der Waals surface area contributed by atoms with Gasteiger partial charge in [0.1, 0.15) is 6.10 Å². The summed E-state index contributed by atoms with van der Waals surface area (Å²) in [6.07, 6.45) is -2.77. The Labute approximate surface area is 93.5 Å². The second-order valence-electron chi connectivity index (χ2n) is 3.75. The van der Waals surface area contributed by atoms with Crippen molar-refractivity contribution in [2.75, 3.05) is 0 Å². The number of rotatable bonds is 2. The lowest BCUT2D eigenvalue weighted by molar-refractivity contribution is -0.241. The van der Waals surface area contributed by atoms with Crippen LogP contribution in [0, 0.1) is 0 Å². The van der Waals surface area contributed by atoms with Crippen molar-refractivity contribution in [1.29, 1.82) is 0 Å². The summed E-state index contributed by atoms with van der Waals surface area (Å²) in [7, 11) is 0. The highest BCUT2D eigenvalue weighted by atomic mass is 16.7. The number of aliphatic hydroxyl groups is 1. The van der Waals surface area contributed by atoms with Crippen molar-refractivity contribution in [3.8, 4) is 0 Å². The van der Waals surface area contributed by atoms with Crippen LogP contribution in [0.25, 0.3) is 0 Å². The lowest BCUT2D eigenvalue weighted by Gasteiger charge is -2.37. The van der Waals surface area contributed by atoms with Gasteiger partial charge in [-0.3, -0.25) is 9.59 Å². The van der Waals surface area contributed by atoms with Crippen molar-refractivity contribution in [2.24, 2.45) is 0 Å². The fourth-order valence-electron chi connectivity index (χ4n) is 1.71. The van der Waals surface area contributed by atoms with Gasteiger partial charge in [0.15, 0.2) is 12.4 Å². The number of hydrogen-bond acceptors (Lipinski definition) is 6. The van der Waals surface area contributed by atoms with Crippen molar-refractivity contribution >= 4 is 11.9 Å². The van der Waals surface area contributed by atoms with Crippen molar-refractivity contribution in [3.05, 3.63) is 0 Å². The van der Waals surface area contributed by atoms with Crippen LogP contribution in [0.15, 0.2) is 0 Å². The Morgan fingerprint density at radius 3 is 2.31 bits per heavy atom. The summed E-state index contributed by atoms with van der Waals surface area (Å²) in [6, 6.07) is 0. The van der Waals surface area contributed by atoms with Crippen LogP contribution >= 0.6 is 0 Å². The summed E-state index contributed by atoms with van der Waals surface area (Å²) in [4.78, 5) is 21.8. The van der Waals surface area contributed by atoms with Gasteiger partial charge in [0, 0.05) is 20.3 Å². The molecular weight excluding hydrogens is 216 g/mol. The molecular formula is C10H16O6. The van der Waals surface area contributed by atoms with Gasteiger partial charge < -0.3 is 19.3 Å². The molecule has 1 aliphatic rings. The largest absolute Gasteiger partial charge is 0.458 e. The van der Waals surface area contributed by atoms with E-state index in [4.69, 9.17) is 14.2 Å². The van der Waals surface area contributed by atoms with Gasteiger partial charge >= 0.3 is 11.9 Å². The second-order valence-corrected chi connectivity index (χ2v) is 3.75. The van der Waals surface area contributed by atoms with E-state index in [0.717, 1.165) is 0 Å². The molecule has 0 amide bonds. The Balaban J connectivity index is 2.71. The lowest BCUT2D eigenvalue weighted by Crippen LogP contribution is -2.50. The Morgan fingerprint density at radius 1 is 1.25 bits per heavy atom. The highest BCUT2D eigenvalue weighted by molar-refractivity contribution is 5.67. The van der Waals surface area contributed by atoms with Gasteiger partial charge in [-0.15, -0.1) is 0 Å². The first-order valence-corrected chi connectivity index (χ1v) is 5.08. The first kappa shape index (κ1) is 12.9. The van der Waals surface area contributed by atoms with E-state index < -0.39 is 36.5 Å². The Bertz CT molecular complexity index is 276. The van der Waals surface area contributed by atoms with E-state index in [1.165, 1.54) is 13.8 Å². The molecule has 0 aromatic carbocycles. The van der Waals surface area contributed by atoms with E-state index in [1.807, 2.05) is 0 Å². The van der Waals surface area contributed by atoms with E-state index in [2.05, 4.69) is 0 Å². The Kier molecular flexibility index (Phi) is 4.26. The molecule has 1 rings (SSSR count). The van der Waals surface area contributed by atoms with Crippen LogP contribution in [-0.2, 0) is 23.8 Å². The average molecular weight is 232 g/mol. The van der Waals surface area contributed by atoms with Crippen LogP contribution in [0.2, 0.25) is 0 Å². The molecule has 6 heteroatoms. The molecule has 0 radical (unpaired) electrons. The molecule has 0 unspecified atom stereocenters. The zero-order valence-electron chi connectivity index (χ0n) is 9.50. The Morgan fingerprint density at radius 2 is 1.81 bits per heavy atom. The number of carbonyl (C=O) groups excluding carboxylic acids is 2. The monoisotopic (exact) mass is 232 g/mol. The van der Waals surface area contributed by atoms with E-state index in [-0.39, 0.29) is 6.42 Å². The molecule has 1 fully saturated rings. The molecule has 1 saturated heterocycles. The van der Waals surface area contributed by atoms with Gasteiger partial charge in [-0.05, 0) is 6.92 Å².